The lowest BCUT2D eigenvalue weighted by molar-refractivity contribution is -0.136. The first kappa shape index (κ1) is 29.8. The molecule has 2 aromatic carbocycles. The molecule has 0 radical (unpaired) electrons. The Morgan fingerprint density at radius 2 is 1.82 bits per heavy atom. The summed E-state index contributed by atoms with van der Waals surface area (Å²) in [6.07, 6.45) is 3.27. The number of nitrogens with one attached hydrogen (secondary N) is 2. The van der Waals surface area contributed by atoms with Crippen LogP contribution in [0.2, 0.25) is 0 Å². The Kier molecular flexibility index (Phi) is 10.2. The number of benzene rings is 2. The zero-order valence-electron chi connectivity index (χ0n) is 23.5. The van der Waals surface area contributed by atoms with E-state index in [0.29, 0.717) is 42.1 Å². The van der Waals surface area contributed by atoms with Gasteiger partial charge in [-0.3, -0.25) is 9.59 Å². The Labute approximate surface area is 229 Å². The largest absolute Gasteiger partial charge is 0.491 e. The second kappa shape index (κ2) is 13.4. The van der Waals surface area contributed by atoms with Crippen LogP contribution in [0.15, 0.2) is 41.4 Å². The second-order valence-corrected chi connectivity index (χ2v) is 10.6. The van der Waals surface area contributed by atoms with Gasteiger partial charge in [0, 0.05) is 43.4 Å². The van der Waals surface area contributed by atoms with Crippen molar-refractivity contribution in [3.63, 3.8) is 0 Å². The standard InChI is InChI=1S/C30H39FN4O4/c1-7-32-29(28-20(2)17-23(18-24(28)31)39-16-15-38-6)34-22-12-10-21(11-13-22)33-26(36)19-27(37)35-14-8-9-25(35)30(3,4)5/h7,10-13,17-18,25,34H,2,8-9,14-16,19H2,1,3-6H3,(H,33,36)/b29-28-,32-7-. The summed E-state index contributed by atoms with van der Waals surface area (Å²) in [6.45, 7) is 13.4. The van der Waals surface area contributed by atoms with Gasteiger partial charge in [-0.15, -0.1) is 0 Å². The molecular weight excluding hydrogens is 499 g/mol. The van der Waals surface area contributed by atoms with Crippen molar-refractivity contribution >= 4 is 41.8 Å². The molecule has 9 heteroatoms. The summed E-state index contributed by atoms with van der Waals surface area (Å²) < 4.78 is 25.5. The van der Waals surface area contributed by atoms with Crippen LogP contribution in [0.25, 0.3) is 12.4 Å². The predicted octanol–water partition coefficient (Wildman–Crippen LogP) is 3.90. The van der Waals surface area contributed by atoms with E-state index in [0.717, 1.165) is 12.8 Å². The first-order valence-electron chi connectivity index (χ1n) is 13.1. The Balaban J connectivity index is 1.69. The maximum Gasteiger partial charge on any atom is 0.233 e. The van der Waals surface area contributed by atoms with Gasteiger partial charge in [0.05, 0.1) is 11.8 Å². The number of nitrogens with zero attached hydrogens (tertiary/aromatic N) is 2. The van der Waals surface area contributed by atoms with E-state index in [1.54, 1.807) is 50.6 Å². The minimum Gasteiger partial charge on any atom is -0.491 e. The van der Waals surface area contributed by atoms with Gasteiger partial charge in [0.15, 0.2) is 0 Å². The van der Waals surface area contributed by atoms with Crippen LogP contribution in [0.5, 0.6) is 5.75 Å². The summed E-state index contributed by atoms with van der Waals surface area (Å²) in [5.74, 6) is -0.399. The van der Waals surface area contributed by atoms with Gasteiger partial charge in [0.2, 0.25) is 11.8 Å². The summed E-state index contributed by atoms with van der Waals surface area (Å²) in [5, 5.41) is 6.55. The van der Waals surface area contributed by atoms with Crippen LogP contribution in [-0.4, -0.2) is 55.8 Å². The number of carbonyl (C=O) groups excluding carboxylic acids is 2. The highest BCUT2D eigenvalue weighted by Gasteiger charge is 2.37. The molecule has 8 nitrogen and oxygen atoms in total. The maximum atomic E-state index is 15.0. The molecule has 0 spiro atoms. The van der Waals surface area contributed by atoms with E-state index in [2.05, 4.69) is 43.0 Å². The van der Waals surface area contributed by atoms with Gasteiger partial charge < -0.3 is 25.0 Å². The highest BCUT2D eigenvalue weighted by atomic mass is 19.1. The van der Waals surface area contributed by atoms with Crippen LogP contribution in [0.1, 0.15) is 47.0 Å². The number of carbonyl (C=O) groups is 2. The zero-order valence-corrected chi connectivity index (χ0v) is 23.5. The van der Waals surface area contributed by atoms with Crippen molar-refractivity contribution < 1.29 is 23.5 Å². The smallest absolute Gasteiger partial charge is 0.233 e. The van der Waals surface area contributed by atoms with E-state index in [9.17, 15) is 9.59 Å². The van der Waals surface area contributed by atoms with Crippen molar-refractivity contribution in [1.29, 1.82) is 0 Å². The average molecular weight is 539 g/mol. The molecule has 0 saturated carbocycles. The van der Waals surface area contributed by atoms with Gasteiger partial charge in [-0.05, 0) is 60.7 Å². The molecule has 1 aliphatic rings. The van der Waals surface area contributed by atoms with Gasteiger partial charge >= 0.3 is 0 Å². The zero-order chi connectivity index (χ0) is 28.6. The van der Waals surface area contributed by atoms with Gasteiger partial charge in [-0.1, -0.05) is 27.4 Å². The van der Waals surface area contributed by atoms with Crippen molar-refractivity contribution in [2.75, 3.05) is 37.5 Å². The Hall–Kier alpha value is -3.72. The lowest BCUT2D eigenvalue weighted by Crippen LogP contribution is -2.44. The topological polar surface area (TPSA) is 92.3 Å². The van der Waals surface area contributed by atoms with E-state index < -0.39 is 5.82 Å². The van der Waals surface area contributed by atoms with Crippen molar-refractivity contribution in [2.24, 2.45) is 10.4 Å². The van der Waals surface area contributed by atoms with Crippen LogP contribution in [0.3, 0.4) is 0 Å². The van der Waals surface area contributed by atoms with E-state index in [-0.39, 0.29) is 40.7 Å². The quantitative estimate of drug-likeness (QED) is 0.272. The van der Waals surface area contributed by atoms with Crippen LogP contribution in [-0.2, 0) is 14.3 Å². The third-order valence-corrected chi connectivity index (χ3v) is 6.51. The molecule has 0 aliphatic carbocycles. The molecule has 1 saturated heterocycles. The number of anilines is 2. The summed E-state index contributed by atoms with van der Waals surface area (Å²) in [6, 6.07) is 9.97. The molecule has 210 valence electrons. The number of amides is 2. The minimum atomic E-state index is -0.525. The molecule has 1 aliphatic heterocycles. The minimum absolute atomic E-state index is 0.0272. The van der Waals surface area contributed by atoms with Crippen molar-refractivity contribution in [1.82, 2.24) is 4.90 Å². The predicted molar refractivity (Wildman–Crippen MR) is 154 cm³/mol. The van der Waals surface area contributed by atoms with Crippen LogP contribution < -0.4 is 25.8 Å². The number of aliphatic imine (C=N–C) groups is 1. The van der Waals surface area contributed by atoms with E-state index in [1.165, 1.54) is 6.07 Å². The Bertz CT molecular complexity index is 1300. The summed E-state index contributed by atoms with van der Waals surface area (Å²) in [4.78, 5) is 31.5. The van der Waals surface area contributed by atoms with E-state index >= 15 is 4.39 Å². The molecule has 0 bridgehead atoms. The number of likely N-dealkylation sites (tertiary alicyclic amines) is 1. The number of rotatable bonds is 10. The molecule has 3 rings (SSSR count). The number of hydrogen-bond donors (Lipinski definition) is 2. The molecule has 2 aromatic rings. The molecule has 1 heterocycles. The third-order valence-electron chi connectivity index (χ3n) is 6.51. The van der Waals surface area contributed by atoms with Crippen molar-refractivity contribution in [2.45, 2.75) is 53.0 Å². The molecule has 2 amide bonds. The Morgan fingerprint density at radius 3 is 2.41 bits per heavy atom. The number of hydrogen-bond acceptors (Lipinski definition) is 6. The first-order valence-corrected chi connectivity index (χ1v) is 13.1. The number of methoxy groups -OCH3 is 1. The fraction of sp³-hybridized carbons (Fsp3) is 0.433. The average Bonchev–Trinajstić information content (AvgIpc) is 3.36. The Morgan fingerprint density at radius 1 is 1.15 bits per heavy atom. The molecule has 2 N–H and O–H groups in total. The molecule has 1 unspecified atom stereocenters. The summed E-state index contributed by atoms with van der Waals surface area (Å²) >= 11 is 0. The monoisotopic (exact) mass is 538 g/mol. The first-order chi connectivity index (χ1) is 18.5. The molecule has 1 atom stereocenters. The van der Waals surface area contributed by atoms with E-state index in [1.807, 2.05) is 4.90 Å². The van der Waals surface area contributed by atoms with Crippen LogP contribution in [0, 0.1) is 11.2 Å². The SMILES string of the molecule is C=c1cc(OCCOC)cc(F)/c1=C(/N=C\C)Nc1ccc(NC(=O)CC(=O)N2CCCC2C(C)(C)C)cc1. The summed E-state index contributed by atoms with van der Waals surface area (Å²) in [7, 11) is 1.56. The maximum absolute atomic E-state index is 15.0. The summed E-state index contributed by atoms with van der Waals surface area (Å²) in [5.41, 5.74) is 1.16. The van der Waals surface area contributed by atoms with Gasteiger partial charge in [-0.25, -0.2) is 9.38 Å². The highest BCUT2D eigenvalue weighted by molar-refractivity contribution is 6.03. The molecule has 1 fully saturated rings. The third kappa shape index (κ3) is 8.13. The van der Waals surface area contributed by atoms with Gasteiger partial charge in [-0.2, -0.15) is 0 Å². The fourth-order valence-corrected chi connectivity index (χ4v) is 4.70. The van der Waals surface area contributed by atoms with Crippen LogP contribution >= 0.6 is 0 Å². The lowest BCUT2D eigenvalue weighted by atomic mass is 9.85. The highest BCUT2D eigenvalue weighted by Crippen LogP contribution is 2.33. The van der Waals surface area contributed by atoms with Gasteiger partial charge in [0.25, 0.3) is 0 Å². The molecule has 39 heavy (non-hydrogen) atoms. The van der Waals surface area contributed by atoms with Crippen LogP contribution in [0.4, 0.5) is 15.8 Å². The van der Waals surface area contributed by atoms with Crippen molar-refractivity contribution in [3.8, 4) is 5.75 Å². The lowest BCUT2D eigenvalue weighted by Gasteiger charge is -2.35. The molecular formula is C30H39FN4O4. The fourth-order valence-electron chi connectivity index (χ4n) is 4.70. The van der Waals surface area contributed by atoms with E-state index in [4.69, 9.17) is 9.47 Å². The number of halogens is 1. The van der Waals surface area contributed by atoms with Crippen molar-refractivity contribution in [3.05, 3.63) is 52.7 Å². The molecule has 0 aromatic heterocycles. The van der Waals surface area contributed by atoms with Gasteiger partial charge in [0.1, 0.15) is 30.4 Å². The normalized spacial score (nSPS) is 16.4. The second-order valence-electron chi connectivity index (χ2n) is 10.6. The number of ether oxygens (including phenoxy) is 2.